The molecule has 0 radical (unpaired) electrons. The minimum atomic E-state index is -0.969. The Morgan fingerprint density at radius 3 is 2.65 bits per heavy atom. The Morgan fingerprint density at radius 2 is 2.09 bits per heavy atom. The minimum Gasteiger partial charge on any atom is -0.477 e. The van der Waals surface area contributed by atoms with Crippen molar-refractivity contribution in [3.8, 4) is 11.4 Å². The van der Waals surface area contributed by atoms with E-state index in [2.05, 4.69) is 10.4 Å². The zero-order valence-electron chi connectivity index (χ0n) is 13.2. The maximum atomic E-state index is 13.9. The Balaban J connectivity index is 2.46. The number of aryl methyl sites for hydroxylation is 2. The molecule has 0 aliphatic rings. The van der Waals surface area contributed by atoms with Crippen LogP contribution in [0.25, 0.3) is 5.69 Å². The van der Waals surface area contributed by atoms with Gasteiger partial charge in [-0.25, -0.2) is 14.0 Å². The van der Waals surface area contributed by atoms with E-state index in [0.29, 0.717) is 5.56 Å². The van der Waals surface area contributed by atoms with Crippen molar-refractivity contribution in [2.45, 2.75) is 26.9 Å². The molecule has 124 valence electrons. The van der Waals surface area contributed by atoms with Crippen LogP contribution in [0.5, 0.6) is 5.75 Å². The Hall–Kier alpha value is -2.71. The summed E-state index contributed by atoms with van der Waals surface area (Å²) in [6.07, 6.45) is -0.969. The van der Waals surface area contributed by atoms with Crippen LogP contribution in [0.3, 0.4) is 0 Å². The van der Waals surface area contributed by atoms with Gasteiger partial charge in [-0.05, 0) is 42.8 Å². The van der Waals surface area contributed by atoms with E-state index in [4.69, 9.17) is 9.47 Å². The van der Waals surface area contributed by atoms with Crippen LogP contribution in [-0.2, 0) is 16.6 Å². The number of carbonyl (C=O) groups is 1. The Labute approximate surface area is 131 Å². The molecule has 0 fully saturated rings. The number of benzene rings is 1. The van der Waals surface area contributed by atoms with Gasteiger partial charge >= 0.3 is 11.7 Å². The summed E-state index contributed by atoms with van der Waals surface area (Å²) in [4.78, 5) is 23.7. The van der Waals surface area contributed by atoms with Crippen molar-refractivity contribution in [1.82, 2.24) is 19.8 Å². The van der Waals surface area contributed by atoms with E-state index in [1.807, 2.05) is 0 Å². The van der Waals surface area contributed by atoms with Crippen LogP contribution in [0.2, 0.25) is 0 Å². The Kier molecular flexibility index (Phi) is 4.77. The van der Waals surface area contributed by atoms with Gasteiger partial charge in [0.05, 0.1) is 6.61 Å². The van der Waals surface area contributed by atoms with E-state index >= 15 is 0 Å². The second-order valence-corrected chi connectivity index (χ2v) is 4.88. The number of ether oxygens (including phenoxy) is 2. The van der Waals surface area contributed by atoms with Crippen molar-refractivity contribution in [3.63, 3.8) is 0 Å². The van der Waals surface area contributed by atoms with Gasteiger partial charge in [-0.15, -0.1) is 0 Å². The normalized spacial score (nSPS) is 12.0. The van der Waals surface area contributed by atoms with Crippen molar-refractivity contribution >= 4 is 5.97 Å². The molecule has 2 rings (SSSR count). The van der Waals surface area contributed by atoms with Crippen LogP contribution in [0.15, 0.2) is 16.9 Å². The quantitative estimate of drug-likeness (QED) is 0.754. The van der Waals surface area contributed by atoms with Crippen LogP contribution >= 0.6 is 0 Å². The maximum Gasteiger partial charge on any atom is 0.368 e. The van der Waals surface area contributed by atoms with Gasteiger partial charge in [0, 0.05) is 13.1 Å². The van der Waals surface area contributed by atoms with Gasteiger partial charge in [0.15, 0.2) is 6.10 Å². The highest BCUT2D eigenvalue weighted by molar-refractivity contribution is 5.74. The molecular formula is C14H17FN4O4. The first-order valence-corrected chi connectivity index (χ1v) is 6.98. The summed E-state index contributed by atoms with van der Waals surface area (Å²) >= 11 is 0. The van der Waals surface area contributed by atoms with E-state index in [9.17, 15) is 14.0 Å². The molecule has 0 bridgehead atoms. The number of hydrogen-bond acceptors (Lipinski definition) is 6. The highest BCUT2D eigenvalue weighted by Crippen LogP contribution is 2.26. The Bertz CT molecular complexity index is 784. The third-order valence-corrected chi connectivity index (χ3v) is 3.11. The monoisotopic (exact) mass is 324 g/mol. The maximum absolute atomic E-state index is 13.9. The number of aromatic nitrogens is 4. The second-order valence-electron chi connectivity index (χ2n) is 4.88. The molecule has 9 heteroatoms. The molecule has 1 aromatic heterocycles. The van der Waals surface area contributed by atoms with Crippen molar-refractivity contribution in [2.24, 2.45) is 7.05 Å². The number of rotatable bonds is 5. The van der Waals surface area contributed by atoms with Gasteiger partial charge < -0.3 is 9.47 Å². The van der Waals surface area contributed by atoms with E-state index in [1.165, 1.54) is 20.0 Å². The standard InChI is InChI=1S/C14H17FN4O4/c1-5-22-13(20)9(3)23-12-7-10(15)8(2)6-11(12)19-14(21)18(4)16-17-19/h6-7,9H,5H2,1-4H3. The van der Waals surface area contributed by atoms with Gasteiger partial charge in [0.1, 0.15) is 17.3 Å². The molecule has 1 unspecified atom stereocenters. The molecule has 0 spiro atoms. The smallest absolute Gasteiger partial charge is 0.368 e. The van der Waals surface area contributed by atoms with Crippen LogP contribution in [-0.4, -0.2) is 38.5 Å². The summed E-state index contributed by atoms with van der Waals surface area (Å²) in [5, 5.41) is 7.31. The third kappa shape index (κ3) is 3.38. The zero-order chi connectivity index (χ0) is 17.1. The number of carbonyl (C=O) groups excluding carboxylic acids is 1. The first-order valence-electron chi connectivity index (χ1n) is 6.98. The SMILES string of the molecule is CCOC(=O)C(C)Oc1cc(F)c(C)cc1-n1nnn(C)c1=O. The molecular weight excluding hydrogens is 307 g/mol. The number of nitrogens with zero attached hydrogens (tertiary/aromatic N) is 4. The predicted molar refractivity (Wildman–Crippen MR) is 78.0 cm³/mol. The average molecular weight is 324 g/mol. The van der Waals surface area contributed by atoms with Gasteiger partial charge in [0.25, 0.3) is 0 Å². The fraction of sp³-hybridized carbons (Fsp3) is 0.429. The molecule has 1 atom stereocenters. The van der Waals surface area contributed by atoms with Crippen LogP contribution < -0.4 is 10.4 Å². The number of tetrazole rings is 1. The summed E-state index contributed by atoms with van der Waals surface area (Å²) in [7, 11) is 1.43. The lowest BCUT2D eigenvalue weighted by molar-refractivity contribution is -0.150. The largest absolute Gasteiger partial charge is 0.477 e. The molecule has 1 heterocycles. The van der Waals surface area contributed by atoms with E-state index < -0.39 is 23.6 Å². The van der Waals surface area contributed by atoms with Crippen LogP contribution in [0.1, 0.15) is 19.4 Å². The van der Waals surface area contributed by atoms with Gasteiger partial charge in [0.2, 0.25) is 0 Å². The molecule has 0 amide bonds. The first-order chi connectivity index (χ1) is 10.8. The van der Waals surface area contributed by atoms with E-state index in [-0.39, 0.29) is 18.0 Å². The third-order valence-electron chi connectivity index (χ3n) is 3.11. The van der Waals surface area contributed by atoms with Crippen molar-refractivity contribution in [1.29, 1.82) is 0 Å². The number of halogens is 1. The fourth-order valence-corrected chi connectivity index (χ4v) is 1.87. The molecule has 1 aromatic carbocycles. The zero-order valence-corrected chi connectivity index (χ0v) is 13.2. The summed E-state index contributed by atoms with van der Waals surface area (Å²) < 4.78 is 26.2. The number of esters is 1. The van der Waals surface area contributed by atoms with Gasteiger partial charge in [-0.1, -0.05) is 0 Å². The second kappa shape index (κ2) is 6.59. The van der Waals surface area contributed by atoms with Crippen molar-refractivity contribution in [2.75, 3.05) is 6.61 Å². The lowest BCUT2D eigenvalue weighted by Crippen LogP contribution is -2.28. The lowest BCUT2D eigenvalue weighted by Gasteiger charge is -2.16. The van der Waals surface area contributed by atoms with Gasteiger partial charge in [-0.3, -0.25) is 0 Å². The molecule has 0 saturated carbocycles. The first kappa shape index (κ1) is 16.7. The van der Waals surface area contributed by atoms with E-state index in [0.717, 1.165) is 15.4 Å². The molecule has 0 N–H and O–H groups in total. The fourth-order valence-electron chi connectivity index (χ4n) is 1.87. The topological polar surface area (TPSA) is 88.2 Å². The van der Waals surface area contributed by atoms with Crippen LogP contribution in [0.4, 0.5) is 4.39 Å². The molecule has 0 aliphatic heterocycles. The molecule has 0 saturated heterocycles. The minimum absolute atomic E-state index is 0.00347. The summed E-state index contributed by atoms with van der Waals surface area (Å²) in [6.45, 7) is 4.88. The molecule has 8 nitrogen and oxygen atoms in total. The molecule has 0 aliphatic carbocycles. The highest BCUT2D eigenvalue weighted by atomic mass is 19.1. The van der Waals surface area contributed by atoms with Crippen molar-refractivity contribution < 1.29 is 18.7 Å². The Morgan fingerprint density at radius 1 is 1.39 bits per heavy atom. The van der Waals surface area contributed by atoms with Gasteiger partial charge in [-0.2, -0.15) is 9.36 Å². The molecule has 2 aromatic rings. The number of hydrogen-bond donors (Lipinski definition) is 0. The van der Waals surface area contributed by atoms with Crippen LogP contribution in [0, 0.1) is 12.7 Å². The summed E-state index contributed by atoms with van der Waals surface area (Å²) in [5.41, 5.74) is -0.0310. The lowest BCUT2D eigenvalue weighted by atomic mass is 10.2. The summed E-state index contributed by atoms with van der Waals surface area (Å²) in [5.74, 6) is -1.13. The predicted octanol–water partition coefficient (Wildman–Crippen LogP) is 0.744. The van der Waals surface area contributed by atoms with E-state index in [1.54, 1.807) is 13.8 Å². The highest BCUT2D eigenvalue weighted by Gasteiger charge is 2.21. The molecule has 23 heavy (non-hydrogen) atoms. The average Bonchev–Trinajstić information content (AvgIpc) is 2.83. The van der Waals surface area contributed by atoms with Crippen molar-refractivity contribution in [3.05, 3.63) is 34.0 Å². The summed E-state index contributed by atoms with van der Waals surface area (Å²) in [6, 6.07) is 2.50.